The molecule has 0 bridgehead atoms. The highest BCUT2D eigenvalue weighted by molar-refractivity contribution is 5.92. The van der Waals surface area contributed by atoms with Gasteiger partial charge in [-0.3, -0.25) is 0 Å². The molecule has 1 heterocycles. The third-order valence-electron chi connectivity index (χ3n) is 2.90. The molecule has 2 aromatic carbocycles. The molecule has 4 heteroatoms. The zero-order valence-corrected chi connectivity index (χ0v) is 10.3. The van der Waals surface area contributed by atoms with E-state index in [1.54, 1.807) is 6.07 Å². The van der Waals surface area contributed by atoms with Crippen LogP contribution in [0.15, 0.2) is 46.9 Å². The Bertz CT molecular complexity index is 774. The predicted octanol–water partition coefficient (Wildman–Crippen LogP) is 3.50. The molecular formula is C15H11NO3. The summed E-state index contributed by atoms with van der Waals surface area (Å²) >= 11 is 0. The number of rotatable bonds is 2. The molecule has 0 aliphatic rings. The van der Waals surface area contributed by atoms with E-state index >= 15 is 0 Å². The number of nitrogens with zero attached hydrogens (tertiary/aromatic N) is 1. The van der Waals surface area contributed by atoms with Gasteiger partial charge in [0, 0.05) is 5.56 Å². The van der Waals surface area contributed by atoms with Crippen LogP contribution >= 0.6 is 0 Å². The highest BCUT2D eigenvalue weighted by Gasteiger charge is 2.11. The summed E-state index contributed by atoms with van der Waals surface area (Å²) in [7, 11) is 0. The van der Waals surface area contributed by atoms with E-state index in [0.717, 1.165) is 11.1 Å². The van der Waals surface area contributed by atoms with Crippen molar-refractivity contribution in [3.8, 4) is 11.5 Å². The van der Waals surface area contributed by atoms with E-state index in [-0.39, 0.29) is 5.56 Å². The van der Waals surface area contributed by atoms with Crippen molar-refractivity contribution in [2.24, 2.45) is 0 Å². The van der Waals surface area contributed by atoms with Crippen LogP contribution in [0.1, 0.15) is 15.9 Å². The number of aromatic carboxylic acids is 1. The van der Waals surface area contributed by atoms with Gasteiger partial charge in [0.2, 0.25) is 5.89 Å². The maximum absolute atomic E-state index is 10.9. The first-order valence-corrected chi connectivity index (χ1v) is 5.84. The number of carbonyl (C=O) groups is 1. The van der Waals surface area contributed by atoms with Gasteiger partial charge >= 0.3 is 5.97 Å². The monoisotopic (exact) mass is 253 g/mol. The summed E-state index contributed by atoms with van der Waals surface area (Å²) in [5, 5.41) is 8.95. The van der Waals surface area contributed by atoms with Crippen LogP contribution in [0.3, 0.4) is 0 Å². The van der Waals surface area contributed by atoms with Crippen LogP contribution in [0.25, 0.3) is 22.6 Å². The molecule has 0 fully saturated rings. The van der Waals surface area contributed by atoms with Gasteiger partial charge in [-0.15, -0.1) is 0 Å². The second kappa shape index (κ2) is 4.24. The van der Waals surface area contributed by atoms with Crippen LogP contribution in [-0.2, 0) is 0 Å². The molecule has 0 saturated heterocycles. The Hall–Kier alpha value is -2.62. The third kappa shape index (κ3) is 2.08. The van der Waals surface area contributed by atoms with Crippen molar-refractivity contribution >= 4 is 17.1 Å². The van der Waals surface area contributed by atoms with Crippen LogP contribution < -0.4 is 0 Å². The van der Waals surface area contributed by atoms with Gasteiger partial charge in [-0.25, -0.2) is 9.78 Å². The number of aromatic nitrogens is 1. The molecule has 0 aliphatic carbocycles. The van der Waals surface area contributed by atoms with Gasteiger partial charge < -0.3 is 9.52 Å². The van der Waals surface area contributed by atoms with Crippen molar-refractivity contribution in [2.45, 2.75) is 6.92 Å². The van der Waals surface area contributed by atoms with E-state index in [1.165, 1.54) is 12.1 Å². The van der Waals surface area contributed by atoms with Crippen LogP contribution in [0.2, 0.25) is 0 Å². The molecule has 1 aromatic heterocycles. The molecule has 3 aromatic rings. The second-order valence-corrected chi connectivity index (χ2v) is 4.38. The lowest BCUT2D eigenvalue weighted by atomic mass is 10.1. The molecule has 0 radical (unpaired) electrons. The molecule has 1 N–H and O–H groups in total. The van der Waals surface area contributed by atoms with Crippen molar-refractivity contribution in [3.63, 3.8) is 0 Å². The average Bonchev–Trinajstić information content (AvgIpc) is 2.81. The fourth-order valence-corrected chi connectivity index (χ4v) is 1.96. The summed E-state index contributed by atoms with van der Waals surface area (Å²) < 4.78 is 5.64. The molecule has 3 rings (SSSR count). The summed E-state index contributed by atoms with van der Waals surface area (Å²) in [4.78, 5) is 15.2. The van der Waals surface area contributed by atoms with Crippen LogP contribution in [0.4, 0.5) is 0 Å². The zero-order chi connectivity index (χ0) is 13.4. The normalized spacial score (nSPS) is 10.8. The molecule has 0 amide bonds. The van der Waals surface area contributed by atoms with Crippen molar-refractivity contribution in [3.05, 3.63) is 53.6 Å². The first-order chi connectivity index (χ1) is 9.13. The first kappa shape index (κ1) is 11.5. The summed E-state index contributed by atoms with van der Waals surface area (Å²) in [5.41, 5.74) is 3.34. The number of fused-ring (bicyclic) bond motifs is 1. The number of hydrogen-bond acceptors (Lipinski definition) is 3. The topological polar surface area (TPSA) is 63.3 Å². The number of hydrogen-bond donors (Lipinski definition) is 1. The van der Waals surface area contributed by atoms with E-state index in [0.29, 0.717) is 17.0 Å². The van der Waals surface area contributed by atoms with Crippen LogP contribution in [-0.4, -0.2) is 16.1 Å². The lowest BCUT2D eigenvalue weighted by molar-refractivity contribution is 0.0697. The summed E-state index contributed by atoms with van der Waals surface area (Å²) in [6.45, 7) is 1.99. The average molecular weight is 253 g/mol. The minimum Gasteiger partial charge on any atom is -0.478 e. The van der Waals surface area contributed by atoms with Gasteiger partial charge in [-0.1, -0.05) is 17.7 Å². The lowest BCUT2D eigenvalue weighted by Gasteiger charge is -1.95. The Kier molecular flexibility index (Phi) is 2.56. The largest absolute Gasteiger partial charge is 0.478 e. The molecule has 0 saturated carbocycles. The van der Waals surface area contributed by atoms with E-state index in [9.17, 15) is 4.79 Å². The molecular weight excluding hydrogens is 242 g/mol. The van der Waals surface area contributed by atoms with Gasteiger partial charge in [0.05, 0.1) is 5.56 Å². The maximum Gasteiger partial charge on any atom is 0.335 e. The van der Waals surface area contributed by atoms with Gasteiger partial charge in [0.15, 0.2) is 5.58 Å². The van der Waals surface area contributed by atoms with E-state index in [2.05, 4.69) is 4.98 Å². The van der Waals surface area contributed by atoms with Crippen molar-refractivity contribution < 1.29 is 14.3 Å². The van der Waals surface area contributed by atoms with Crippen LogP contribution in [0, 0.1) is 6.92 Å². The number of aryl methyl sites for hydroxylation is 1. The minimum atomic E-state index is -0.970. The van der Waals surface area contributed by atoms with E-state index in [4.69, 9.17) is 9.52 Å². The zero-order valence-electron chi connectivity index (χ0n) is 10.3. The molecule has 4 nitrogen and oxygen atoms in total. The Balaban J connectivity index is 2.14. The minimum absolute atomic E-state index is 0.205. The van der Waals surface area contributed by atoms with Crippen molar-refractivity contribution in [1.82, 2.24) is 4.98 Å². The van der Waals surface area contributed by atoms with Crippen LogP contribution in [0.5, 0.6) is 0 Å². The smallest absolute Gasteiger partial charge is 0.335 e. The quantitative estimate of drug-likeness (QED) is 0.759. The first-order valence-electron chi connectivity index (χ1n) is 5.84. The standard InChI is InChI=1S/C15H11NO3/c1-9-3-2-4-10(7-9)14-16-12-8-11(15(17)18)5-6-13(12)19-14/h2-8H,1H3,(H,17,18). The van der Waals surface area contributed by atoms with Crippen molar-refractivity contribution in [1.29, 1.82) is 0 Å². The number of oxazole rings is 1. The highest BCUT2D eigenvalue weighted by atomic mass is 16.4. The van der Waals surface area contributed by atoms with Gasteiger partial charge in [-0.2, -0.15) is 0 Å². The Morgan fingerprint density at radius 2 is 2.05 bits per heavy atom. The molecule has 0 spiro atoms. The van der Waals surface area contributed by atoms with E-state index < -0.39 is 5.97 Å². The molecule has 0 atom stereocenters. The van der Waals surface area contributed by atoms with Crippen molar-refractivity contribution in [2.75, 3.05) is 0 Å². The fourth-order valence-electron chi connectivity index (χ4n) is 1.96. The predicted molar refractivity (Wildman–Crippen MR) is 71.1 cm³/mol. The number of carboxylic acid groups (broad SMARTS) is 1. The Morgan fingerprint density at radius 3 is 2.79 bits per heavy atom. The molecule has 0 aliphatic heterocycles. The van der Waals surface area contributed by atoms with E-state index in [1.807, 2.05) is 31.2 Å². The fraction of sp³-hybridized carbons (Fsp3) is 0.0667. The summed E-state index contributed by atoms with van der Waals surface area (Å²) in [6.07, 6.45) is 0. The summed E-state index contributed by atoms with van der Waals surface area (Å²) in [5.74, 6) is -0.469. The van der Waals surface area contributed by atoms with Gasteiger partial charge in [-0.05, 0) is 37.3 Å². The Labute approximate surface area is 109 Å². The third-order valence-corrected chi connectivity index (χ3v) is 2.90. The van der Waals surface area contributed by atoms with Gasteiger partial charge in [0.1, 0.15) is 5.52 Å². The number of carboxylic acids is 1. The second-order valence-electron chi connectivity index (χ2n) is 4.38. The highest BCUT2D eigenvalue weighted by Crippen LogP contribution is 2.25. The molecule has 19 heavy (non-hydrogen) atoms. The summed E-state index contributed by atoms with van der Waals surface area (Å²) in [6, 6.07) is 12.5. The molecule has 0 unspecified atom stereocenters. The SMILES string of the molecule is Cc1cccc(-c2nc3cc(C(=O)O)ccc3o2)c1. The Morgan fingerprint density at radius 1 is 1.21 bits per heavy atom. The molecule has 94 valence electrons. The van der Waals surface area contributed by atoms with Gasteiger partial charge in [0.25, 0.3) is 0 Å². The number of benzene rings is 2. The lowest BCUT2D eigenvalue weighted by Crippen LogP contribution is -1.94. The maximum atomic E-state index is 10.9.